The zero-order chi connectivity index (χ0) is 17.6. The predicted molar refractivity (Wildman–Crippen MR) is 96.3 cm³/mol. The van der Waals surface area contributed by atoms with Gasteiger partial charge in [-0.1, -0.05) is 46.2 Å². The molecule has 130 valence electrons. The minimum atomic E-state index is -0.127. The van der Waals surface area contributed by atoms with E-state index < -0.39 is 0 Å². The summed E-state index contributed by atoms with van der Waals surface area (Å²) in [6, 6.07) is 8.10. The molecule has 4 heteroatoms. The van der Waals surface area contributed by atoms with Crippen LogP contribution in [0.1, 0.15) is 50.9 Å². The van der Waals surface area contributed by atoms with Gasteiger partial charge in [0, 0.05) is 18.3 Å². The Morgan fingerprint density at radius 3 is 2.50 bits per heavy atom. The molecule has 1 unspecified atom stereocenters. The van der Waals surface area contributed by atoms with Crippen LogP contribution in [0.4, 0.5) is 0 Å². The maximum atomic E-state index is 12.8. The van der Waals surface area contributed by atoms with Gasteiger partial charge in [-0.05, 0) is 36.0 Å². The Morgan fingerprint density at radius 1 is 1.25 bits per heavy atom. The van der Waals surface area contributed by atoms with E-state index in [1.165, 1.54) is 0 Å². The third kappa shape index (κ3) is 4.95. The first-order valence-corrected chi connectivity index (χ1v) is 8.65. The molecule has 24 heavy (non-hydrogen) atoms. The summed E-state index contributed by atoms with van der Waals surface area (Å²) in [5, 5.41) is 0. The van der Waals surface area contributed by atoms with Crippen LogP contribution in [0.5, 0.6) is 5.75 Å². The number of aromatic nitrogens is 2. The Labute approximate surface area is 144 Å². The van der Waals surface area contributed by atoms with Gasteiger partial charge in [-0.2, -0.15) is 0 Å². The van der Waals surface area contributed by atoms with Crippen molar-refractivity contribution in [2.24, 2.45) is 11.3 Å². The Bertz CT molecular complexity index is 625. The van der Waals surface area contributed by atoms with Gasteiger partial charge in [0.25, 0.3) is 0 Å². The first-order chi connectivity index (χ1) is 11.4. The largest absolute Gasteiger partial charge is 0.494 e. The van der Waals surface area contributed by atoms with Crippen LogP contribution < -0.4 is 4.74 Å². The van der Waals surface area contributed by atoms with E-state index in [1.807, 2.05) is 12.1 Å². The first-order valence-electron chi connectivity index (χ1n) is 8.65. The highest BCUT2D eigenvalue weighted by molar-refractivity contribution is 5.82. The molecule has 2 rings (SSSR count). The van der Waals surface area contributed by atoms with Crippen molar-refractivity contribution >= 4 is 5.91 Å². The zero-order valence-electron chi connectivity index (χ0n) is 15.2. The summed E-state index contributed by atoms with van der Waals surface area (Å²) in [5.74, 6) is 0.863. The van der Waals surface area contributed by atoms with Gasteiger partial charge in [0.1, 0.15) is 12.1 Å². The topological polar surface area (TPSA) is 44.1 Å². The second kappa shape index (κ2) is 8.13. The molecule has 0 spiro atoms. The highest BCUT2D eigenvalue weighted by Gasteiger charge is 2.32. The van der Waals surface area contributed by atoms with Crippen LogP contribution in [0.3, 0.4) is 0 Å². The molecule has 0 aliphatic rings. The number of nitrogens with zero attached hydrogens (tertiary/aromatic N) is 2. The van der Waals surface area contributed by atoms with Crippen molar-refractivity contribution in [1.82, 2.24) is 9.55 Å². The number of benzene rings is 1. The number of ether oxygens (including phenoxy) is 1. The van der Waals surface area contributed by atoms with E-state index in [4.69, 9.17) is 4.74 Å². The van der Waals surface area contributed by atoms with Crippen LogP contribution in [0, 0.1) is 11.3 Å². The molecular weight excluding hydrogens is 300 g/mol. The van der Waals surface area contributed by atoms with E-state index in [1.54, 1.807) is 23.3 Å². The molecule has 0 bridgehead atoms. The van der Waals surface area contributed by atoms with Crippen molar-refractivity contribution in [3.8, 4) is 5.75 Å². The number of unbranched alkanes of at least 4 members (excludes halogenated alkanes) is 1. The average molecular weight is 328 g/mol. The fourth-order valence-electron chi connectivity index (χ4n) is 2.63. The molecule has 0 N–H and O–H groups in total. The van der Waals surface area contributed by atoms with Crippen molar-refractivity contribution in [2.75, 3.05) is 6.61 Å². The summed E-state index contributed by atoms with van der Waals surface area (Å²) in [6.45, 7) is 9.22. The fraction of sp³-hybridized carbons (Fsp3) is 0.500. The lowest BCUT2D eigenvalue weighted by molar-refractivity contribution is 0.0724. The van der Waals surface area contributed by atoms with Crippen LogP contribution in [0.15, 0.2) is 43.0 Å². The first kappa shape index (κ1) is 18.2. The fourth-order valence-corrected chi connectivity index (χ4v) is 2.63. The maximum absolute atomic E-state index is 12.8. The predicted octanol–water partition coefficient (Wildman–Crippen LogP) is 4.61. The Morgan fingerprint density at radius 2 is 1.96 bits per heavy atom. The maximum Gasteiger partial charge on any atom is 0.235 e. The summed E-state index contributed by atoms with van der Waals surface area (Å²) in [7, 11) is 0. The van der Waals surface area contributed by atoms with Crippen LogP contribution >= 0.6 is 0 Å². The van der Waals surface area contributed by atoms with Crippen LogP contribution in [-0.2, 0) is 6.42 Å². The molecule has 1 atom stereocenters. The van der Waals surface area contributed by atoms with E-state index in [0.717, 1.165) is 30.8 Å². The minimum absolute atomic E-state index is 0.0864. The van der Waals surface area contributed by atoms with Gasteiger partial charge in [-0.3, -0.25) is 9.36 Å². The number of hydrogen-bond donors (Lipinski definition) is 0. The van der Waals surface area contributed by atoms with Gasteiger partial charge in [-0.25, -0.2) is 4.98 Å². The van der Waals surface area contributed by atoms with Crippen molar-refractivity contribution < 1.29 is 9.53 Å². The van der Waals surface area contributed by atoms with Crippen molar-refractivity contribution in [3.63, 3.8) is 0 Å². The van der Waals surface area contributed by atoms with Gasteiger partial charge in [0.05, 0.1) is 6.61 Å². The molecule has 2 aromatic rings. The normalized spacial score (nSPS) is 12.8. The molecule has 4 nitrogen and oxygen atoms in total. The Balaban J connectivity index is 2.08. The third-order valence-corrected chi connectivity index (χ3v) is 4.23. The minimum Gasteiger partial charge on any atom is -0.494 e. The molecule has 0 fully saturated rings. The highest BCUT2D eigenvalue weighted by atomic mass is 16.5. The van der Waals surface area contributed by atoms with Gasteiger partial charge in [0.2, 0.25) is 5.91 Å². The molecule has 1 aromatic heterocycles. The second-order valence-corrected chi connectivity index (χ2v) is 7.28. The Kier molecular flexibility index (Phi) is 6.18. The molecule has 0 aliphatic carbocycles. The summed E-state index contributed by atoms with van der Waals surface area (Å²) in [6.07, 6.45) is 7.82. The van der Waals surface area contributed by atoms with Gasteiger partial charge in [-0.15, -0.1) is 0 Å². The molecule has 0 saturated heterocycles. The smallest absolute Gasteiger partial charge is 0.235 e. The van der Waals surface area contributed by atoms with Gasteiger partial charge in [0.15, 0.2) is 0 Å². The van der Waals surface area contributed by atoms with Crippen molar-refractivity contribution in [2.45, 2.75) is 47.0 Å². The van der Waals surface area contributed by atoms with Crippen molar-refractivity contribution in [3.05, 3.63) is 48.5 Å². The molecule has 0 aliphatic heterocycles. The van der Waals surface area contributed by atoms with E-state index in [-0.39, 0.29) is 17.2 Å². The number of imidazole rings is 1. The van der Waals surface area contributed by atoms with Crippen molar-refractivity contribution in [1.29, 1.82) is 0 Å². The number of carbonyl (C=O) groups is 1. The molecule has 0 amide bonds. The van der Waals surface area contributed by atoms with E-state index in [9.17, 15) is 4.79 Å². The third-order valence-electron chi connectivity index (χ3n) is 4.23. The van der Waals surface area contributed by atoms with Crippen LogP contribution in [0.25, 0.3) is 0 Å². The lowest BCUT2D eigenvalue weighted by Crippen LogP contribution is -2.33. The van der Waals surface area contributed by atoms with E-state index in [0.29, 0.717) is 6.42 Å². The zero-order valence-corrected chi connectivity index (χ0v) is 15.2. The van der Waals surface area contributed by atoms with Crippen LogP contribution in [-0.4, -0.2) is 22.1 Å². The summed E-state index contributed by atoms with van der Waals surface area (Å²) in [5.41, 5.74) is 1.02. The number of hydrogen-bond acceptors (Lipinski definition) is 3. The lowest BCUT2D eigenvalue weighted by Gasteiger charge is -2.29. The summed E-state index contributed by atoms with van der Waals surface area (Å²) < 4.78 is 7.28. The number of carbonyl (C=O) groups excluding carboxylic acids is 1. The van der Waals surface area contributed by atoms with Gasteiger partial charge >= 0.3 is 0 Å². The molecule has 0 radical (unpaired) electrons. The van der Waals surface area contributed by atoms with E-state index in [2.05, 4.69) is 44.8 Å². The van der Waals surface area contributed by atoms with Gasteiger partial charge < -0.3 is 4.74 Å². The SMILES string of the molecule is CCCCOc1ccc(CC(C(=O)n2ccnc2)C(C)(C)C)cc1. The quantitative estimate of drug-likeness (QED) is 0.697. The standard InChI is InChI=1S/C20H28N2O2/c1-5-6-13-24-17-9-7-16(8-10-17)14-18(20(2,3)4)19(23)22-12-11-21-15-22/h7-12,15,18H,5-6,13-14H2,1-4H3. The monoisotopic (exact) mass is 328 g/mol. The summed E-state index contributed by atoms with van der Waals surface area (Å²) in [4.78, 5) is 16.8. The van der Waals surface area contributed by atoms with Crippen LogP contribution in [0.2, 0.25) is 0 Å². The Hall–Kier alpha value is -2.10. The lowest BCUT2D eigenvalue weighted by atomic mass is 9.76. The molecule has 1 aromatic carbocycles. The second-order valence-electron chi connectivity index (χ2n) is 7.28. The highest BCUT2D eigenvalue weighted by Crippen LogP contribution is 2.31. The molecule has 0 saturated carbocycles. The molecular formula is C20H28N2O2. The average Bonchev–Trinajstić information content (AvgIpc) is 3.07. The summed E-state index contributed by atoms with van der Waals surface area (Å²) >= 11 is 0. The number of rotatable bonds is 7. The molecule has 1 heterocycles. The van der Waals surface area contributed by atoms with E-state index >= 15 is 0 Å².